The molecule has 94 valence electrons. The molecule has 0 amide bonds. The topological polar surface area (TPSA) is 54.5 Å². The fraction of sp³-hybridized carbons (Fsp3) is 0.231. The van der Waals surface area contributed by atoms with Crippen molar-refractivity contribution in [3.8, 4) is 0 Å². The molecule has 1 aromatic heterocycles. The molecule has 0 spiro atoms. The van der Waals surface area contributed by atoms with Gasteiger partial charge >= 0.3 is 5.97 Å². The molecule has 0 radical (unpaired) electrons. The van der Waals surface area contributed by atoms with Gasteiger partial charge in [0.25, 0.3) is 0 Å². The molecule has 2 aromatic rings. The van der Waals surface area contributed by atoms with Gasteiger partial charge in [-0.2, -0.15) is 0 Å². The van der Waals surface area contributed by atoms with Crippen molar-refractivity contribution in [1.82, 2.24) is 4.98 Å². The monoisotopic (exact) mass is 248 g/mol. The van der Waals surface area contributed by atoms with Crippen LogP contribution in [0.3, 0.4) is 0 Å². The first kappa shape index (κ1) is 12.3. The van der Waals surface area contributed by atoms with Gasteiger partial charge in [0, 0.05) is 23.5 Å². The smallest absolute Gasteiger partial charge is 0.330 e. The van der Waals surface area contributed by atoms with E-state index in [1.165, 1.54) is 19.2 Å². The van der Waals surface area contributed by atoms with Crippen LogP contribution in [0.2, 0.25) is 0 Å². The second-order valence-corrected chi connectivity index (χ2v) is 3.93. The van der Waals surface area contributed by atoms with Crippen molar-refractivity contribution in [2.24, 2.45) is 4.99 Å². The minimum atomic E-state index is -0.669. The number of aliphatic imine (C=N–C) groups is 1. The van der Waals surface area contributed by atoms with Gasteiger partial charge in [-0.05, 0) is 30.5 Å². The first-order chi connectivity index (χ1) is 8.65. The zero-order valence-electron chi connectivity index (χ0n) is 9.94. The second-order valence-electron chi connectivity index (χ2n) is 3.93. The van der Waals surface area contributed by atoms with E-state index >= 15 is 0 Å². The summed E-state index contributed by atoms with van der Waals surface area (Å²) in [6.45, 7) is 3.37. The number of hydrogen-bond acceptors (Lipinski definition) is 3. The normalized spacial score (nSPS) is 12.3. The molecule has 0 aliphatic rings. The number of rotatable bonds is 4. The Morgan fingerprint density at radius 2 is 2.39 bits per heavy atom. The third kappa shape index (κ3) is 2.25. The lowest BCUT2D eigenvalue weighted by Crippen LogP contribution is -2.22. The summed E-state index contributed by atoms with van der Waals surface area (Å²) in [5, 5.41) is 0.743. The van der Waals surface area contributed by atoms with E-state index in [0.717, 1.165) is 16.5 Å². The number of nitrogens with zero attached hydrogens (tertiary/aromatic N) is 1. The quantitative estimate of drug-likeness (QED) is 0.665. The lowest BCUT2D eigenvalue weighted by molar-refractivity contribution is -0.142. The molecular weight excluding hydrogens is 235 g/mol. The average Bonchev–Trinajstić information content (AvgIpc) is 2.77. The summed E-state index contributed by atoms with van der Waals surface area (Å²) < 4.78 is 17.8. The molecule has 1 unspecified atom stereocenters. The highest BCUT2D eigenvalue weighted by molar-refractivity contribution is 5.85. The van der Waals surface area contributed by atoms with Crippen LogP contribution in [-0.2, 0) is 16.0 Å². The van der Waals surface area contributed by atoms with Crippen LogP contribution in [-0.4, -0.2) is 30.8 Å². The Hall–Kier alpha value is -2.17. The maximum Gasteiger partial charge on any atom is 0.330 e. The summed E-state index contributed by atoms with van der Waals surface area (Å²) in [7, 11) is 1.30. The Labute approximate surface area is 103 Å². The number of ether oxygens (including phenoxy) is 1. The van der Waals surface area contributed by atoms with E-state index in [9.17, 15) is 9.18 Å². The van der Waals surface area contributed by atoms with E-state index in [-0.39, 0.29) is 5.82 Å². The Balaban J connectivity index is 2.33. The molecule has 0 aliphatic heterocycles. The Kier molecular flexibility index (Phi) is 3.41. The fourth-order valence-electron chi connectivity index (χ4n) is 1.89. The third-order valence-corrected chi connectivity index (χ3v) is 2.84. The van der Waals surface area contributed by atoms with Crippen LogP contribution >= 0.6 is 0 Å². The van der Waals surface area contributed by atoms with Crippen LogP contribution in [0.1, 0.15) is 5.56 Å². The second kappa shape index (κ2) is 5.00. The third-order valence-electron chi connectivity index (χ3n) is 2.84. The summed E-state index contributed by atoms with van der Waals surface area (Å²) in [5.74, 6) is -0.764. The van der Waals surface area contributed by atoms with E-state index in [4.69, 9.17) is 0 Å². The first-order valence-electron chi connectivity index (χ1n) is 5.45. The van der Waals surface area contributed by atoms with Gasteiger partial charge in [0.05, 0.1) is 7.11 Å². The molecule has 0 saturated carbocycles. The highest BCUT2D eigenvalue weighted by Gasteiger charge is 2.19. The Morgan fingerprint density at radius 1 is 1.61 bits per heavy atom. The minimum absolute atomic E-state index is 0.315. The minimum Gasteiger partial charge on any atom is -0.467 e. The predicted octanol–water partition coefficient (Wildman–Crippen LogP) is 2.09. The van der Waals surface area contributed by atoms with Crippen LogP contribution in [0.15, 0.2) is 29.4 Å². The van der Waals surface area contributed by atoms with Crippen LogP contribution < -0.4 is 0 Å². The number of methoxy groups -OCH3 is 1. The highest BCUT2D eigenvalue weighted by Crippen LogP contribution is 2.21. The van der Waals surface area contributed by atoms with E-state index in [1.54, 1.807) is 12.3 Å². The number of esters is 1. The molecule has 1 N–H and O–H groups in total. The predicted molar refractivity (Wildman–Crippen MR) is 67.3 cm³/mol. The fourth-order valence-corrected chi connectivity index (χ4v) is 1.89. The number of carbonyl (C=O) groups is 1. The van der Waals surface area contributed by atoms with Crippen LogP contribution in [0.4, 0.5) is 4.39 Å². The van der Waals surface area contributed by atoms with Gasteiger partial charge in [0.15, 0.2) is 6.04 Å². The van der Waals surface area contributed by atoms with Crippen LogP contribution in [0.5, 0.6) is 0 Å². The van der Waals surface area contributed by atoms with Gasteiger partial charge in [-0.3, -0.25) is 4.99 Å². The number of fused-ring (bicyclic) bond motifs is 1. The van der Waals surface area contributed by atoms with Gasteiger partial charge < -0.3 is 9.72 Å². The summed E-state index contributed by atoms with van der Waals surface area (Å²) in [6, 6.07) is 3.80. The maximum absolute atomic E-state index is 13.2. The standard InChI is InChI=1S/C13H13FN2O2/c1-15-12(13(17)18-2)5-8-7-16-11-4-3-9(14)6-10(8)11/h3-4,6-7,12,16H,1,5H2,2H3. The summed E-state index contributed by atoms with van der Waals surface area (Å²) in [6.07, 6.45) is 2.07. The van der Waals surface area contributed by atoms with E-state index < -0.39 is 12.0 Å². The summed E-state index contributed by atoms with van der Waals surface area (Å²) in [4.78, 5) is 18.2. The molecular formula is C13H13FN2O2. The summed E-state index contributed by atoms with van der Waals surface area (Å²) in [5.41, 5.74) is 1.63. The average molecular weight is 248 g/mol. The lowest BCUT2D eigenvalue weighted by atomic mass is 10.1. The molecule has 18 heavy (non-hydrogen) atoms. The molecule has 5 heteroatoms. The van der Waals surface area contributed by atoms with Crippen molar-refractivity contribution in [2.75, 3.05) is 7.11 Å². The van der Waals surface area contributed by atoms with Crippen molar-refractivity contribution >= 4 is 23.6 Å². The van der Waals surface area contributed by atoms with E-state index in [1.807, 2.05) is 0 Å². The van der Waals surface area contributed by atoms with Gasteiger partial charge in [-0.25, -0.2) is 9.18 Å². The number of hydrogen-bond donors (Lipinski definition) is 1. The number of H-pyrrole nitrogens is 1. The SMILES string of the molecule is C=NC(Cc1c[nH]c2ccc(F)cc12)C(=O)OC. The van der Waals surface area contributed by atoms with Crippen molar-refractivity contribution < 1.29 is 13.9 Å². The molecule has 0 saturated heterocycles. The number of benzene rings is 1. The van der Waals surface area contributed by atoms with E-state index in [0.29, 0.717) is 6.42 Å². The number of halogens is 1. The van der Waals surface area contributed by atoms with Gasteiger partial charge in [0.1, 0.15) is 5.82 Å². The van der Waals surface area contributed by atoms with Gasteiger partial charge in [0.2, 0.25) is 0 Å². The number of aromatic amines is 1. The zero-order valence-corrected chi connectivity index (χ0v) is 9.94. The molecule has 1 aromatic carbocycles. The molecule has 4 nitrogen and oxygen atoms in total. The molecule has 0 bridgehead atoms. The maximum atomic E-state index is 13.2. The van der Waals surface area contributed by atoms with Crippen molar-refractivity contribution in [1.29, 1.82) is 0 Å². The largest absolute Gasteiger partial charge is 0.467 e. The van der Waals surface area contributed by atoms with Crippen molar-refractivity contribution in [3.05, 3.63) is 35.8 Å². The molecule has 0 aliphatic carbocycles. The number of aromatic nitrogens is 1. The first-order valence-corrected chi connectivity index (χ1v) is 5.45. The van der Waals surface area contributed by atoms with Gasteiger partial charge in [-0.1, -0.05) is 0 Å². The van der Waals surface area contributed by atoms with Crippen LogP contribution in [0.25, 0.3) is 10.9 Å². The lowest BCUT2D eigenvalue weighted by Gasteiger charge is -2.08. The number of carbonyl (C=O) groups excluding carboxylic acids is 1. The molecule has 2 rings (SSSR count). The molecule has 1 heterocycles. The highest BCUT2D eigenvalue weighted by atomic mass is 19.1. The molecule has 0 fully saturated rings. The number of nitrogens with one attached hydrogen (secondary N) is 1. The van der Waals surface area contributed by atoms with Gasteiger partial charge in [-0.15, -0.1) is 0 Å². The summed E-state index contributed by atoms with van der Waals surface area (Å²) >= 11 is 0. The Morgan fingerprint density at radius 3 is 3.06 bits per heavy atom. The van der Waals surface area contributed by atoms with Crippen molar-refractivity contribution in [2.45, 2.75) is 12.5 Å². The van der Waals surface area contributed by atoms with Crippen LogP contribution in [0, 0.1) is 5.82 Å². The van der Waals surface area contributed by atoms with E-state index in [2.05, 4.69) is 21.4 Å². The van der Waals surface area contributed by atoms with Crippen molar-refractivity contribution in [3.63, 3.8) is 0 Å². The Bertz CT molecular complexity index is 592. The zero-order chi connectivity index (χ0) is 13.1. The molecule has 1 atom stereocenters.